The molecule has 0 bridgehead atoms. The van der Waals surface area contributed by atoms with Gasteiger partial charge >= 0.3 is 0 Å². The summed E-state index contributed by atoms with van der Waals surface area (Å²) in [7, 11) is 5.82. The second-order valence-electron chi connectivity index (χ2n) is 13.6. The minimum atomic E-state index is -0.388. The molecule has 1 aliphatic heterocycles. The smallest absolute Gasteiger partial charge is 0.262 e. The highest BCUT2D eigenvalue weighted by Gasteiger charge is 2.21. The first-order valence-electron chi connectivity index (χ1n) is 18.6. The Morgan fingerprint density at radius 2 is 1.62 bits per heavy atom. The number of nitrogens with zero attached hydrogens (tertiary/aromatic N) is 6. The molecule has 0 radical (unpaired) electrons. The van der Waals surface area contributed by atoms with Crippen molar-refractivity contribution >= 4 is 28.9 Å². The van der Waals surface area contributed by atoms with Gasteiger partial charge in [0.1, 0.15) is 17.9 Å². The zero-order valence-electron chi connectivity index (χ0n) is 32.4. The number of likely N-dealkylation sites (N-methyl/N-ethyl adjacent to an activating group) is 1. The van der Waals surface area contributed by atoms with Crippen molar-refractivity contribution in [2.24, 2.45) is 0 Å². The first-order chi connectivity index (χ1) is 25.7. The van der Waals surface area contributed by atoms with Crippen molar-refractivity contribution < 1.29 is 19.0 Å². The summed E-state index contributed by atoms with van der Waals surface area (Å²) < 4.78 is 18.1. The van der Waals surface area contributed by atoms with Crippen LogP contribution in [0.1, 0.15) is 41.8 Å². The Morgan fingerprint density at radius 3 is 2.28 bits per heavy atom. The Kier molecular flexibility index (Phi) is 14.3. The number of ether oxygens (including phenoxy) is 3. The standard InChI is InChI=1S/C41H56N8O4/c1-8-47(9-2)26-27-52-34-18-19-36(37(28-34)51-7)53-40-35(39(50)44-38-30(3)12-10-13-31(38)4)29-42-41(45-40)43-32-14-16-33(17-15-32)49-24-22-48(23-25-49)21-11-20-46(5)6/h10,12-19,28-29H,8-9,11,20-27H2,1-7H3,(H,44,50)(H,42,43,45). The lowest BCUT2D eigenvalue weighted by Crippen LogP contribution is -2.46. The van der Waals surface area contributed by atoms with E-state index < -0.39 is 0 Å². The highest BCUT2D eigenvalue weighted by molar-refractivity contribution is 6.06. The summed E-state index contributed by atoms with van der Waals surface area (Å²) in [5.74, 6) is 1.48. The van der Waals surface area contributed by atoms with Crippen LogP contribution in [0.2, 0.25) is 0 Å². The Balaban J connectivity index is 1.32. The highest BCUT2D eigenvalue weighted by atomic mass is 16.5. The van der Waals surface area contributed by atoms with E-state index in [2.05, 4.69) is 75.3 Å². The molecule has 3 aromatic carbocycles. The number of carbonyl (C=O) groups is 1. The van der Waals surface area contributed by atoms with Gasteiger partial charge in [-0.2, -0.15) is 4.98 Å². The van der Waals surface area contributed by atoms with Gasteiger partial charge in [0.2, 0.25) is 11.8 Å². The van der Waals surface area contributed by atoms with Crippen LogP contribution in [0.15, 0.2) is 66.9 Å². The highest BCUT2D eigenvalue weighted by Crippen LogP contribution is 2.36. The quantitative estimate of drug-likeness (QED) is 0.115. The van der Waals surface area contributed by atoms with Crippen LogP contribution in [-0.4, -0.2) is 117 Å². The number of piperazine rings is 1. The molecule has 284 valence electrons. The zero-order chi connectivity index (χ0) is 37.7. The molecule has 12 heteroatoms. The fourth-order valence-corrected chi connectivity index (χ4v) is 6.34. The Labute approximate surface area is 315 Å². The third-order valence-corrected chi connectivity index (χ3v) is 9.57. The molecule has 5 rings (SSSR count). The van der Waals surface area contributed by atoms with Crippen molar-refractivity contribution in [3.63, 3.8) is 0 Å². The van der Waals surface area contributed by atoms with Crippen LogP contribution in [0, 0.1) is 13.8 Å². The lowest BCUT2D eigenvalue weighted by molar-refractivity contribution is 0.102. The van der Waals surface area contributed by atoms with Gasteiger partial charge in [-0.1, -0.05) is 32.0 Å². The molecule has 53 heavy (non-hydrogen) atoms. The molecule has 1 fully saturated rings. The van der Waals surface area contributed by atoms with Crippen molar-refractivity contribution in [2.75, 3.05) is 102 Å². The van der Waals surface area contributed by atoms with E-state index in [-0.39, 0.29) is 23.3 Å². The van der Waals surface area contributed by atoms with Gasteiger partial charge in [0, 0.05) is 62.0 Å². The van der Waals surface area contributed by atoms with Gasteiger partial charge in [0.25, 0.3) is 5.91 Å². The largest absolute Gasteiger partial charge is 0.493 e. The van der Waals surface area contributed by atoms with Gasteiger partial charge in [-0.25, -0.2) is 4.98 Å². The van der Waals surface area contributed by atoms with Crippen LogP contribution in [0.3, 0.4) is 0 Å². The molecule has 0 aliphatic carbocycles. The molecule has 0 atom stereocenters. The molecule has 1 amide bonds. The summed E-state index contributed by atoms with van der Waals surface area (Å²) >= 11 is 0. The molecule has 1 aliphatic rings. The van der Waals surface area contributed by atoms with Crippen molar-refractivity contribution in [3.05, 3.63) is 83.6 Å². The maximum absolute atomic E-state index is 13.8. The maximum Gasteiger partial charge on any atom is 0.262 e. The molecular weight excluding hydrogens is 669 g/mol. The number of aromatic nitrogens is 2. The number of amides is 1. The van der Waals surface area contributed by atoms with Crippen LogP contribution in [0.4, 0.5) is 23.0 Å². The normalized spacial score (nSPS) is 13.3. The van der Waals surface area contributed by atoms with E-state index in [1.54, 1.807) is 19.2 Å². The molecule has 0 saturated carbocycles. The minimum absolute atomic E-state index is 0.0832. The molecule has 2 N–H and O–H groups in total. The number of methoxy groups -OCH3 is 1. The second-order valence-corrected chi connectivity index (χ2v) is 13.6. The number of hydrogen-bond donors (Lipinski definition) is 2. The summed E-state index contributed by atoms with van der Waals surface area (Å²) in [5, 5.41) is 6.33. The Hall–Kier alpha value is -4.91. The van der Waals surface area contributed by atoms with Gasteiger partial charge in [0.05, 0.1) is 7.11 Å². The molecule has 12 nitrogen and oxygen atoms in total. The molecule has 0 spiro atoms. The number of hydrogen-bond acceptors (Lipinski definition) is 11. The number of benzene rings is 3. The van der Waals surface area contributed by atoms with Gasteiger partial charge in [-0.3, -0.25) is 9.69 Å². The fourth-order valence-electron chi connectivity index (χ4n) is 6.34. The van der Waals surface area contributed by atoms with E-state index >= 15 is 0 Å². The van der Waals surface area contributed by atoms with Crippen molar-refractivity contribution in [1.29, 1.82) is 0 Å². The average molecular weight is 725 g/mol. The summed E-state index contributed by atoms with van der Waals surface area (Å²) in [4.78, 5) is 32.5. The van der Waals surface area contributed by atoms with E-state index in [4.69, 9.17) is 19.2 Å². The summed E-state index contributed by atoms with van der Waals surface area (Å²) in [6.07, 6.45) is 2.67. The number of para-hydroxylation sites is 1. The molecule has 1 aromatic heterocycles. The average Bonchev–Trinajstić information content (AvgIpc) is 3.16. The predicted molar refractivity (Wildman–Crippen MR) is 214 cm³/mol. The first kappa shape index (κ1) is 39.3. The van der Waals surface area contributed by atoms with Crippen LogP contribution in [0.5, 0.6) is 23.1 Å². The summed E-state index contributed by atoms with van der Waals surface area (Å²) in [5.41, 5.74) is 4.81. The van der Waals surface area contributed by atoms with E-state index in [1.165, 1.54) is 18.3 Å². The van der Waals surface area contributed by atoms with Crippen LogP contribution in [0.25, 0.3) is 0 Å². The van der Waals surface area contributed by atoms with E-state index in [0.29, 0.717) is 23.9 Å². The van der Waals surface area contributed by atoms with Gasteiger partial charge in [0.15, 0.2) is 11.5 Å². The molecule has 1 saturated heterocycles. The topological polar surface area (TPSA) is 108 Å². The molecule has 2 heterocycles. The zero-order valence-corrected chi connectivity index (χ0v) is 32.4. The predicted octanol–water partition coefficient (Wildman–Crippen LogP) is 6.68. The van der Waals surface area contributed by atoms with Crippen LogP contribution < -0.4 is 29.7 Å². The third kappa shape index (κ3) is 11.0. The number of rotatable bonds is 18. The summed E-state index contributed by atoms with van der Waals surface area (Å²) in [6.45, 7) is 17.8. The molecular formula is C41H56N8O4. The number of carbonyl (C=O) groups excluding carboxylic acids is 1. The fraction of sp³-hybridized carbons (Fsp3) is 0.439. The third-order valence-electron chi connectivity index (χ3n) is 9.57. The molecule has 4 aromatic rings. The van der Waals surface area contributed by atoms with E-state index in [9.17, 15) is 4.79 Å². The number of aryl methyl sites for hydroxylation is 2. The second kappa shape index (κ2) is 19.2. The monoisotopic (exact) mass is 724 g/mol. The van der Waals surface area contributed by atoms with Crippen molar-refractivity contribution in [1.82, 2.24) is 24.7 Å². The Bertz CT molecular complexity index is 1750. The van der Waals surface area contributed by atoms with Crippen molar-refractivity contribution in [3.8, 4) is 23.1 Å². The minimum Gasteiger partial charge on any atom is -0.493 e. The lowest BCUT2D eigenvalue weighted by atomic mass is 10.1. The number of anilines is 4. The van der Waals surface area contributed by atoms with E-state index in [1.807, 2.05) is 50.2 Å². The first-order valence-corrected chi connectivity index (χ1v) is 18.6. The summed E-state index contributed by atoms with van der Waals surface area (Å²) in [6, 6.07) is 19.5. The maximum atomic E-state index is 13.8. The molecule has 0 unspecified atom stereocenters. The lowest BCUT2D eigenvalue weighted by Gasteiger charge is -2.36. The Morgan fingerprint density at radius 1 is 0.906 bits per heavy atom. The van der Waals surface area contributed by atoms with E-state index in [0.717, 1.165) is 81.4 Å². The van der Waals surface area contributed by atoms with Gasteiger partial charge in [-0.05, 0) is 108 Å². The van der Waals surface area contributed by atoms with Gasteiger partial charge < -0.3 is 39.5 Å². The SMILES string of the molecule is CCN(CC)CCOc1ccc(Oc2nc(Nc3ccc(N4CCN(CCCN(C)C)CC4)cc3)ncc2C(=O)Nc2c(C)cccc2C)c(OC)c1. The van der Waals surface area contributed by atoms with Crippen molar-refractivity contribution in [2.45, 2.75) is 34.1 Å². The van der Waals surface area contributed by atoms with Crippen LogP contribution >= 0.6 is 0 Å². The van der Waals surface area contributed by atoms with Crippen LogP contribution in [-0.2, 0) is 0 Å². The number of nitrogens with one attached hydrogen (secondary N) is 2. The van der Waals surface area contributed by atoms with Gasteiger partial charge in [-0.15, -0.1) is 0 Å².